The topological polar surface area (TPSA) is 109 Å². The predicted molar refractivity (Wildman–Crippen MR) is 82.0 cm³/mol. The molecule has 0 spiro atoms. The Morgan fingerprint density at radius 1 is 0.609 bits per heavy atom. The molecule has 2 aromatic carbocycles. The number of rotatable bonds is 2. The van der Waals surface area contributed by atoms with Crippen LogP contribution in [-0.2, 0) is 39.7 Å². The molecule has 0 atom stereocenters. The molecule has 9 heteroatoms. The number of benzene rings is 2. The van der Waals surface area contributed by atoms with Gasteiger partial charge in [0.1, 0.15) is 0 Å². The van der Waals surface area contributed by atoms with Crippen LogP contribution in [0.4, 0.5) is 0 Å². The summed E-state index contributed by atoms with van der Waals surface area (Å²) in [7, 11) is -8.04. The Labute approximate surface area is 148 Å². The summed E-state index contributed by atoms with van der Waals surface area (Å²) in [6.07, 6.45) is 0. The maximum Gasteiger partial charge on any atom is 0.294 e. The van der Waals surface area contributed by atoms with Crippen molar-refractivity contribution in [3.8, 4) is 0 Å². The van der Waals surface area contributed by atoms with Gasteiger partial charge in [-0.15, -0.1) is 0 Å². The molecule has 0 aromatic heterocycles. The van der Waals surface area contributed by atoms with E-state index in [4.69, 9.17) is 9.11 Å². The van der Waals surface area contributed by atoms with Gasteiger partial charge in [-0.3, -0.25) is 9.11 Å². The molecule has 0 heterocycles. The van der Waals surface area contributed by atoms with E-state index in [-0.39, 0.29) is 29.3 Å². The van der Waals surface area contributed by atoms with Crippen molar-refractivity contribution in [3.05, 3.63) is 59.7 Å². The van der Waals surface area contributed by atoms with Crippen LogP contribution < -0.4 is 0 Å². The van der Waals surface area contributed by atoms with Crippen LogP contribution in [0.2, 0.25) is 0 Å². The van der Waals surface area contributed by atoms with Gasteiger partial charge in [0.05, 0.1) is 9.79 Å². The van der Waals surface area contributed by atoms with Crippen LogP contribution in [0.25, 0.3) is 0 Å². The molecule has 2 N–H and O–H groups in total. The molecule has 2 rings (SSSR count). The van der Waals surface area contributed by atoms with Gasteiger partial charge < -0.3 is 0 Å². The average Bonchev–Trinajstić information content (AvgIpc) is 2.38. The molecule has 0 aliphatic rings. The molecule has 6 nitrogen and oxygen atoms in total. The van der Waals surface area contributed by atoms with Crippen LogP contribution in [0.1, 0.15) is 11.1 Å². The third-order valence-corrected chi connectivity index (χ3v) is 4.37. The van der Waals surface area contributed by atoms with Crippen molar-refractivity contribution in [1.29, 1.82) is 0 Å². The first-order valence-corrected chi connectivity index (χ1v) is 8.96. The second kappa shape index (κ2) is 8.66. The van der Waals surface area contributed by atoms with Gasteiger partial charge in [0.25, 0.3) is 20.2 Å². The fourth-order valence-corrected chi connectivity index (χ4v) is 2.38. The molecule has 0 aliphatic carbocycles. The minimum absolute atomic E-state index is 0. The molecule has 122 valence electrons. The summed E-state index contributed by atoms with van der Waals surface area (Å²) in [5, 5.41) is 0. The summed E-state index contributed by atoms with van der Waals surface area (Å²) in [4.78, 5) is -0.133. The van der Waals surface area contributed by atoms with Crippen LogP contribution in [0.5, 0.6) is 0 Å². The first-order chi connectivity index (χ1) is 10.00. The smallest absolute Gasteiger partial charge is 0.282 e. The summed E-state index contributed by atoms with van der Waals surface area (Å²) < 4.78 is 59.1. The Kier molecular flexibility index (Phi) is 8.24. The quantitative estimate of drug-likeness (QED) is 0.582. The molecule has 0 bridgehead atoms. The third kappa shape index (κ3) is 7.81. The standard InChI is InChI=1S/2C7H8O3S.Zn/c2*1-6-2-4-7(5-3-6)11(8,9)10;/h2*2-5H,1H3,(H,8,9,10);. The zero-order chi connectivity index (χ0) is 17.0. The van der Waals surface area contributed by atoms with Crippen molar-refractivity contribution in [2.24, 2.45) is 0 Å². The number of hydrogen-bond acceptors (Lipinski definition) is 4. The molecule has 0 aliphatic heterocycles. The third-order valence-electron chi connectivity index (χ3n) is 2.64. The largest absolute Gasteiger partial charge is 0.294 e. The maximum atomic E-state index is 10.5. The molecule has 0 fully saturated rings. The van der Waals surface area contributed by atoms with Crippen molar-refractivity contribution in [1.82, 2.24) is 0 Å². The monoisotopic (exact) mass is 408 g/mol. The van der Waals surface area contributed by atoms with E-state index >= 15 is 0 Å². The van der Waals surface area contributed by atoms with Crippen LogP contribution in [-0.4, -0.2) is 25.9 Å². The summed E-state index contributed by atoms with van der Waals surface area (Å²) in [5.41, 5.74) is 1.91. The van der Waals surface area contributed by atoms with E-state index in [1.54, 1.807) is 24.3 Å². The molecule has 0 saturated carbocycles. The second-order valence-electron chi connectivity index (χ2n) is 4.58. The van der Waals surface area contributed by atoms with E-state index in [1.165, 1.54) is 24.3 Å². The van der Waals surface area contributed by atoms with Crippen LogP contribution in [0.15, 0.2) is 58.3 Å². The van der Waals surface area contributed by atoms with E-state index in [1.807, 2.05) is 13.8 Å². The van der Waals surface area contributed by atoms with Gasteiger partial charge in [-0.05, 0) is 38.1 Å². The van der Waals surface area contributed by atoms with Crippen LogP contribution in [0, 0.1) is 13.8 Å². The number of hydrogen-bond donors (Lipinski definition) is 2. The first-order valence-electron chi connectivity index (χ1n) is 6.08. The molecule has 0 unspecified atom stereocenters. The van der Waals surface area contributed by atoms with E-state index in [9.17, 15) is 16.8 Å². The molecule has 0 radical (unpaired) electrons. The van der Waals surface area contributed by atoms with Crippen molar-refractivity contribution in [2.45, 2.75) is 23.6 Å². The van der Waals surface area contributed by atoms with Gasteiger partial charge >= 0.3 is 0 Å². The van der Waals surface area contributed by atoms with E-state index < -0.39 is 20.2 Å². The fraction of sp³-hybridized carbons (Fsp3) is 0.143. The second-order valence-corrected chi connectivity index (χ2v) is 7.42. The normalized spacial score (nSPS) is 11.0. The minimum Gasteiger partial charge on any atom is -0.282 e. The Balaban J connectivity index is 0.000000403. The van der Waals surface area contributed by atoms with E-state index in [2.05, 4.69) is 0 Å². The maximum absolute atomic E-state index is 10.5. The summed E-state index contributed by atoms with van der Waals surface area (Å²) in [6.45, 7) is 3.68. The van der Waals surface area contributed by atoms with E-state index in [0.29, 0.717) is 0 Å². The minimum atomic E-state index is -4.02. The Hall–Kier alpha value is -1.12. The molecule has 23 heavy (non-hydrogen) atoms. The van der Waals surface area contributed by atoms with Gasteiger partial charge in [0.2, 0.25) is 0 Å². The van der Waals surface area contributed by atoms with Gasteiger partial charge in [0, 0.05) is 19.5 Å². The van der Waals surface area contributed by atoms with Gasteiger partial charge in [0.15, 0.2) is 0 Å². The van der Waals surface area contributed by atoms with Crippen molar-refractivity contribution in [2.75, 3.05) is 0 Å². The SMILES string of the molecule is Cc1ccc(S(=O)(=O)O)cc1.Cc1ccc(S(=O)(=O)O)cc1.[Zn]. The Morgan fingerprint density at radius 3 is 1.00 bits per heavy atom. The van der Waals surface area contributed by atoms with Crippen molar-refractivity contribution in [3.63, 3.8) is 0 Å². The fourth-order valence-electron chi connectivity index (χ4n) is 1.42. The average molecular weight is 410 g/mol. The zero-order valence-electron chi connectivity index (χ0n) is 12.7. The summed E-state index contributed by atoms with van der Waals surface area (Å²) in [5.74, 6) is 0. The summed E-state index contributed by atoms with van der Waals surface area (Å²) >= 11 is 0. The van der Waals surface area contributed by atoms with Crippen molar-refractivity contribution >= 4 is 20.2 Å². The van der Waals surface area contributed by atoms with Gasteiger partial charge in [-0.25, -0.2) is 0 Å². The molecular weight excluding hydrogens is 394 g/mol. The van der Waals surface area contributed by atoms with Crippen molar-refractivity contribution < 1.29 is 45.4 Å². The molecule has 0 amide bonds. The molecule has 2 aromatic rings. The molecule has 0 saturated heterocycles. The van der Waals surface area contributed by atoms with E-state index in [0.717, 1.165) is 11.1 Å². The van der Waals surface area contributed by atoms with Crippen LogP contribution in [0.3, 0.4) is 0 Å². The Morgan fingerprint density at radius 2 is 0.826 bits per heavy atom. The summed E-state index contributed by atoms with van der Waals surface area (Å²) in [6, 6.07) is 12.0. The van der Waals surface area contributed by atoms with Gasteiger partial charge in [-0.2, -0.15) is 16.8 Å². The molecular formula is C14H16O6S2Zn. The first kappa shape index (κ1) is 21.9. The predicted octanol–water partition coefficient (Wildman–Crippen LogP) is 2.48. The zero-order valence-corrected chi connectivity index (χ0v) is 17.3. The number of aryl methyl sites for hydroxylation is 2. The van der Waals surface area contributed by atoms with Gasteiger partial charge in [-0.1, -0.05) is 35.4 Å². The van der Waals surface area contributed by atoms with Crippen LogP contribution >= 0.6 is 0 Å². The Bertz CT molecular complexity index is 752.